The molecule has 6 heteroatoms. The number of ether oxygens (including phenoxy) is 2. The zero-order valence-corrected chi connectivity index (χ0v) is 20.2. The quantitative estimate of drug-likeness (QED) is 0.395. The minimum atomic E-state index is -2.25. The number of anilines is 1. The molecule has 0 spiro atoms. The van der Waals surface area contributed by atoms with Gasteiger partial charge in [-0.2, -0.15) is 0 Å². The summed E-state index contributed by atoms with van der Waals surface area (Å²) in [6.07, 6.45) is 6.89. The van der Waals surface area contributed by atoms with Crippen molar-refractivity contribution in [1.29, 1.82) is 0 Å². The highest BCUT2D eigenvalue weighted by molar-refractivity contribution is 7.10. The predicted octanol–water partition coefficient (Wildman–Crippen LogP) is 2.32. The van der Waals surface area contributed by atoms with Crippen molar-refractivity contribution in [2.24, 2.45) is 4.99 Å². The molecule has 4 aliphatic rings. The van der Waals surface area contributed by atoms with Crippen molar-refractivity contribution < 1.29 is 14.0 Å². The lowest BCUT2D eigenvalue weighted by atomic mass is 10.1. The zero-order valence-electron chi connectivity index (χ0n) is 19.2. The Kier molecular flexibility index (Phi) is 5.36. The van der Waals surface area contributed by atoms with E-state index in [9.17, 15) is 0 Å². The average Bonchev–Trinajstić information content (AvgIpc) is 2.90. The minimum Gasteiger partial charge on any atom is -0.378 e. The molecule has 1 unspecified atom stereocenters. The van der Waals surface area contributed by atoms with E-state index in [0.717, 1.165) is 64.0 Å². The average molecular weight is 457 g/mol. The van der Waals surface area contributed by atoms with Gasteiger partial charge in [-0.15, -0.1) is 0 Å². The number of allylic oxidation sites excluding steroid dienone is 4. The molecule has 0 N–H and O–H groups in total. The summed E-state index contributed by atoms with van der Waals surface area (Å²) in [4.78, 5) is 7.60. The first-order valence-electron chi connectivity index (χ1n) is 12.0. The Balaban J connectivity index is 1.53. The summed E-state index contributed by atoms with van der Waals surface area (Å²) >= 11 is 0. The van der Waals surface area contributed by atoms with E-state index >= 15 is 0 Å². The Morgan fingerprint density at radius 3 is 2.45 bits per heavy atom. The van der Waals surface area contributed by atoms with Gasteiger partial charge in [0.15, 0.2) is 26.9 Å². The molecule has 2 saturated heterocycles. The maximum Gasteiger partial charge on any atom is 0.200 e. The third kappa shape index (κ3) is 3.62. The van der Waals surface area contributed by atoms with Crippen LogP contribution in [-0.4, -0.2) is 76.7 Å². The molecule has 2 fully saturated rings. The van der Waals surface area contributed by atoms with Crippen LogP contribution in [0.25, 0.3) is 0 Å². The number of nitrogens with zero attached hydrogens (tertiary/aromatic N) is 3. The summed E-state index contributed by atoms with van der Waals surface area (Å²) in [7, 11) is -2.25. The number of hydrogen-bond acceptors (Lipinski definition) is 4. The molecule has 0 aromatic heterocycles. The van der Waals surface area contributed by atoms with Gasteiger partial charge < -0.3 is 14.4 Å². The van der Waals surface area contributed by atoms with Crippen LogP contribution >= 0.6 is 0 Å². The molecule has 2 aromatic rings. The Morgan fingerprint density at radius 2 is 1.67 bits per heavy atom. The lowest BCUT2D eigenvalue weighted by Gasteiger charge is -2.38. The van der Waals surface area contributed by atoms with Crippen molar-refractivity contribution in [1.82, 2.24) is 0 Å². The number of fused-ring (bicyclic) bond motifs is 2. The summed E-state index contributed by atoms with van der Waals surface area (Å²) in [5.41, 5.74) is 4.82. The highest BCUT2D eigenvalue weighted by Gasteiger charge is 2.44. The first-order chi connectivity index (χ1) is 16.2. The second-order valence-electron chi connectivity index (χ2n) is 9.20. The van der Waals surface area contributed by atoms with E-state index in [2.05, 4.69) is 82.8 Å². The number of benzene rings is 2. The van der Waals surface area contributed by atoms with Gasteiger partial charge in [0.2, 0.25) is 0 Å². The van der Waals surface area contributed by atoms with Crippen LogP contribution in [0.3, 0.4) is 0 Å². The number of morpholine rings is 2. The number of rotatable bonds is 2. The second kappa shape index (κ2) is 8.52. The highest BCUT2D eigenvalue weighted by Crippen LogP contribution is 2.33. The summed E-state index contributed by atoms with van der Waals surface area (Å²) in [5, 5.41) is 4.24. The predicted molar refractivity (Wildman–Crippen MR) is 137 cm³/mol. The van der Waals surface area contributed by atoms with Gasteiger partial charge in [0.1, 0.15) is 13.2 Å². The van der Waals surface area contributed by atoms with E-state index in [0.29, 0.717) is 0 Å². The Bertz CT molecular complexity index is 1190. The molecule has 5 nitrogen and oxygen atoms in total. The van der Waals surface area contributed by atoms with Crippen LogP contribution in [0.15, 0.2) is 76.9 Å². The largest absolute Gasteiger partial charge is 0.378 e. The molecule has 6 rings (SSSR count). The third-order valence-electron chi connectivity index (χ3n) is 7.38. The smallest absolute Gasteiger partial charge is 0.200 e. The Morgan fingerprint density at radius 1 is 0.909 bits per heavy atom. The van der Waals surface area contributed by atoms with E-state index in [1.54, 1.807) is 0 Å². The molecule has 1 aliphatic carbocycles. The van der Waals surface area contributed by atoms with Crippen LogP contribution in [0, 0.1) is 0 Å². The van der Waals surface area contributed by atoms with E-state index < -0.39 is 8.07 Å². The molecule has 3 aliphatic heterocycles. The number of aliphatic imine (C=N–C) groups is 1. The lowest BCUT2D eigenvalue weighted by molar-refractivity contribution is -0.547. The van der Waals surface area contributed by atoms with Crippen LogP contribution in [0.1, 0.15) is 0 Å². The fraction of sp³-hybridized carbons (Fsp3) is 0.333. The Hall–Kier alpha value is -2.80. The molecule has 0 radical (unpaired) electrons. The third-order valence-corrected chi connectivity index (χ3v) is 11.8. The summed E-state index contributed by atoms with van der Waals surface area (Å²) in [6, 6.07) is 18.0. The fourth-order valence-electron chi connectivity index (χ4n) is 5.44. The van der Waals surface area contributed by atoms with E-state index in [4.69, 9.17) is 14.5 Å². The normalized spacial score (nSPS) is 24.7. The molecule has 168 valence electrons. The van der Waals surface area contributed by atoms with Crippen molar-refractivity contribution in [3.05, 3.63) is 72.0 Å². The van der Waals surface area contributed by atoms with E-state index in [1.807, 2.05) is 0 Å². The van der Waals surface area contributed by atoms with Gasteiger partial charge in [0, 0.05) is 30.9 Å². The van der Waals surface area contributed by atoms with Crippen molar-refractivity contribution in [2.45, 2.75) is 6.55 Å². The van der Waals surface area contributed by atoms with Crippen LogP contribution in [0.5, 0.6) is 0 Å². The molecule has 0 amide bonds. The highest BCUT2D eigenvalue weighted by atomic mass is 28.3. The SMILES string of the molecule is C[Si]1(c2ccccc2)C2=CC(=[N+]3CCOCC3)C=CC2=Nc2ccc(N3CCOCC3)cc21. The topological polar surface area (TPSA) is 37.1 Å². The van der Waals surface area contributed by atoms with Gasteiger partial charge in [-0.25, -0.2) is 9.57 Å². The maximum absolute atomic E-state index is 5.60. The van der Waals surface area contributed by atoms with E-state index in [1.165, 1.54) is 27.0 Å². The first-order valence-corrected chi connectivity index (χ1v) is 14.5. The van der Waals surface area contributed by atoms with Gasteiger partial charge in [-0.1, -0.05) is 36.9 Å². The van der Waals surface area contributed by atoms with Crippen molar-refractivity contribution >= 4 is 41.2 Å². The van der Waals surface area contributed by atoms with Gasteiger partial charge in [0.05, 0.1) is 24.6 Å². The summed E-state index contributed by atoms with van der Waals surface area (Å²) in [6.45, 7) is 9.44. The van der Waals surface area contributed by atoms with Gasteiger partial charge in [0.25, 0.3) is 0 Å². The van der Waals surface area contributed by atoms with Gasteiger partial charge in [-0.05, 0) is 39.8 Å². The molecule has 1 atom stereocenters. The molecule has 2 aromatic carbocycles. The Labute approximate surface area is 196 Å². The molecular weight excluding hydrogens is 426 g/mol. The summed E-state index contributed by atoms with van der Waals surface area (Å²) in [5.74, 6) is 0. The molecule has 33 heavy (non-hydrogen) atoms. The van der Waals surface area contributed by atoms with Crippen molar-refractivity contribution in [3.63, 3.8) is 0 Å². The van der Waals surface area contributed by atoms with Gasteiger partial charge in [-0.3, -0.25) is 0 Å². The lowest BCUT2D eigenvalue weighted by Crippen LogP contribution is -2.61. The molecule has 3 heterocycles. The minimum absolute atomic E-state index is 0.792. The van der Waals surface area contributed by atoms with Crippen LogP contribution in [-0.2, 0) is 9.47 Å². The maximum atomic E-state index is 5.60. The first kappa shape index (κ1) is 20.8. The summed E-state index contributed by atoms with van der Waals surface area (Å²) < 4.78 is 13.6. The molecular formula is C27H30N3O2Si+. The number of hydrogen-bond donors (Lipinski definition) is 0. The van der Waals surface area contributed by atoms with Crippen LogP contribution in [0.4, 0.5) is 11.4 Å². The fourth-order valence-corrected chi connectivity index (χ4v) is 9.39. The van der Waals surface area contributed by atoms with E-state index in [-0.39, 0.29) is 0 Å². The second-order valence-corrected chi connectivity index (χ2v) is 13.1. The van der Waals surface area contributed by atoms with Crippen molar-refractivity contribution in [2.75, 3.05) is 57.5 Å². The van der Waals surface area contributed by atoms with Crippen molar-refractivity contribution in [3.8, 4) is 0 Å². The molecule has 0 bridgehead atoms. The molecule has 0 saturated carbocycles. The standard InChI is InChI=1S/C27H30N3O2Si/c1-33(23-5-3-2-4-6-23)26-19-21(29-11-15-31-16-12-29)7-9-24(26)28-25-10-8-22(20-27(25)33)30-13-17-32-18-14-30/h2-10,19-20H,11-18H2,1H3/q+1. The van der Waals surface area contributed by atoms with Crippen LogP contribution in [0.2, 0.25) is 6.55 Å². The zero-order chi connectivity index (χ0) is 22.3. The van der Waals surface area contributed by atoms with Gasteiger partial charge >= 0.3 is 0 Å². The van der Waals surface area contributed by atoms with Crippen LogP contribution < -0.4 is 15.3 Å². The monoisotopic (exact) mass is 456 g/mol.